The van der Waals surface area contributed by atoms with E-state index in [0.29, 0.717) is 12.5 Å². The summed E-state index contributed by atoms with van der Waals surface area (Å²) in [4.78, 5) is 15.6. The second-order valence-corrected chi connectivity index (χ2v) is 3.38. The van der Waals surface area contributed by atoms with Crippen molar-refractivity contribution >= 4 is 11.9 Å². The molecule has 1 aromatic rings. The molecule has 0 bridgehead atoms. The van der Waals surface area contributed by atoms with Crippen molar-refractivity contribution in [2.24, 2.45) is 4.99 Å². The summed E-state index contributed by atoms with van der Waals surface area (Å²) in [5, 5.41) is 0. The van der Waals surface area contributed by atoms with Gasteiger partial charge in [0.2, 0.25) is 5.90 Å². The molecule has 1 heterocycles. The highest BCUT2D eigenvalue weighted by Crippen LogP contribution is 2.12. The van der Waals surface area contributed by atoms with E-state index in [-0.39, 0.29) is 12.6 Å². The van der Waals surface area contributed by atoms with E-state index in [1.54, 1.807) is 6.92 Å². The van der Waals surface area contributed by atoms with Crippen LogP contribution < -0.4 is 0 Å². The van der Waals surface area contributed by atoms with Gasteiger partial charge in [-0.1, -0.05) is 18.2 Å². The number of carbonyl (C=O) groups is 1. The maximum atomic E-state index is 11.4. The van der Waals surface area contributed by atoms with Crippen LogP contribution in [-0.2, 0) is 14.3 Å². The van der Waals surface area contributed by atoms with Crippen molar-refractivity contribution in [3.05, 3.63) is 35.9 Å². The molecule has 0 fully saturated rings. The Hall–Kier alpha value is -1.84. The van der Waals surface area contributed by atoms with Crippen molar-refractivity contribution in [1.29, 1.82) is 0 Å². The van der Waals surface area contributed by atoms with Crippen LogP contribution in [-0.4, -0.2) is 31.1 Å². The van der Waals surface area contributed by atoms with Crippen LogP contribution >= 0.6 is 0 Å². The first-order valence-corrected chi connectivity index (χ1v) is 5.24. The van der Waals surface area contributed by atoms with Crippen LogP contribution in [0.5, 0.6) is 0 Å². The summed E-state index contributed by atoms with van der Waals surface area (Å²) in [6.45, 7) is 2.41. The van der Waals surface area contributed by atoms with Crippen LogP contribution in [0.1, 0.15) is 12.5 Å². The molecule has 1 aromatic carbocycles. The number of nitrogens with zero attached hydrogens (tertiary/aromatic N) is 1. The molecule has 1 aliphatic rings. The summed E-state index contributed by atoms with van der Waals surface area (Å²) in [6.07, 6.45) is 0. The lowest BCUT2D eigenvalue weighted by atomic mass is 10.2. The van der Waals surface area contributed by atoms with Crippen LogP contribution in [0.2, 0.25) is 0 Å². The van der Waals surface area contributed by atoms with Gasteiger partial charge in [0.15, 0.2) is 6.04 Å². The molecular formula is C12H13NO3. The van der Waals surface area contributed by atoms with Crippen molar-refractivity contribution in [1.82, 2.24) is 0 Å². The molecule has 0 aliphatic carbocycles. The van der Waals surface area contributed by atoms with Gasteiger partial charge in [-0.05, 0) is 19.1 Å². The number of carbonyl (C=O) groups excluding carboxylic acids is 1. The smallest absolute Gasteiger partial charge is 0.334 e. The molecule has 0 spiro atoms. The fourth-order valence-electron chi connectivity index (χ4n) is 1.47. The van der Waals surface area contributed by atoms with Gasteiger partial charge >= 0.3 is 5.97 Å². The lowest BCUT2D eigenvalue weighted by Crippen LogP contribution is -2.22. The van der Waals surface area contributed by atoms with E-state index in [1.165, 1.54) is 0 Å². The van der Waals surface area contributed by atoms with Gasteiger partial charge in [0, 0.05) is 5.56 Å². The molecule has 1 aliphatic heterocycles. The van der Waals surface area contributed by atoms with Crippen LogP contribution in [0, 0.1) is 0 Å². The highest BCUT2D eigenvalue weighted by molar-refractivity contribution is 5.97. The standard InChI is InChI=1S/C12H13NO3/c1-2-15-12(14)10-8-16-11(13-10)9-6-4-3-5-7-9/h3-7,10H,2,8H2,1H3/t10-/m1/s1. The number of hydrogen-bond acceptors (Lipinski definition) is 4. The van der Waals surface area contributed by atoms with E-state index >= 15 is 0 Å². The molecule has 84 valence electrons. The van der Waals surface area contributed by atoms with Crippen molar-refractivity contribution in [3.63, 3.8) is 0 Å². The van der Waals surface area contributed by atoms with E-state index in [4.69, 9.17) is 9.47 Å². The average Bonchev–Trinajstić information content (AvgIpc) is 2.80. The molecule has 0 unspecified atom stereocenters. The Morgan fingerprint density at radius 1 is 1.50 bits per heavy atom. The Bertz CT molecular complexity index is 400. The monoisotopic (exact) mass is 219 g/mol. The van der Waals surface area contributed by atoms with E-state index in [2.05, 4.69) is 4.99 Å². The van der Waals surface area contributed by atoms with E-state index in [0.717, 1.165) is 5.56 Å². The largest absolute Gasteiger partial charge is 0.475 e. The van der Waals surface area contributed by atoms with Gasteiger partial charge in [-0.25, -0.2) is 9.79 Å². The number of hydrogen-bond donors (Lipinski definition) is 0. The van der Waals surface area contributed by atoms with Gasteiger partial charge in [-0.3, -0.25) is 0 Å². The number of ether oxygens (including phenoxy) is 2. The summed E-state index contributed by atoms with van der Waals surface area (Å²) >= 11 is 0. The van der Waals surface area contributed by atoms with Gasteiger partial charge in [0.05, 0.1) is 6.61 Å². The van der Waals surface area contributed by atoms with Crippen LogP contribution in [0.15, 0.2) is 35.3 Å². The molecule has 0 amide bonds. The van der Waals surface area contributed by atoms with Crippen molar-refractivity contribution in [3.8, 4) is 0 Å². The third kappa shape index (κ3) is 2.21. The fourth-order valence-corrected chi connectivity index (χ4v) is 1.47. The molecule has 2 rings (SSSR count). The highest BCUT2D eigenvalue weighted by atomic mass is 16.5. The van der Waals surface area contributed by atoms with Gasteiger partial charge in [0.1, 0.15) is 6.61 Å². The summed E-state index contributed by atoms with van der Waals surface area (Å²) in [5.41, 5.74) is 0.884. The Morgan fingerprint density at radius 2 is 2.25 bits per heavy atom. The summed E-state index contributed by atoms with van der Waals surface area (Å²) in [7, 11) is 0. The van der Waals surface area contributed by atoms with E-state index in [1.807, 2.05) is 30.3 Å². The molecule has 0 saturated heterocycles. The molecule has 0 aromatic heterocycles. The molecule has 4 heteroatoms. The fraction of sp³-hybridized carbons (Fsp3) is 0.333. The minimum absolute atomic E-state index is 0.267. The highest BCUT2D eigenvalue weighted by Gasteiger charge is 2.27. The summed E-state index contributed by atoms with van der Waals surface area (Å²) < 4.78 is 10.3. The summed E-state index contributed by atoms with van der Waals surface area (Å²) in [5.74, 6) is 0.187. The van der Waals surface area contributed by atoms with Crippen molar-refractivity contribution in [2.45, 2.75) is 13.0 Å². The predicted octanol–water partition coefficient (Wildman–Crippen LogP) is 1.40. The second kappa shape index (κ2) is 4.79. The Balaban J connectivity index is 2.09. The van der Waals surface area contributed by atoms with E-state index < -0.39 is 6.04 Å². The zero-order valence-electron chi connectivity index (χ0n) is 9.05. The Kier molecular flexibility index (Phi) is 3.19. The maximum Gasteiger partial charge on any atom is 0.334 e. The molecule has 4 nitrogen and oxygen atoms in total. The molecule has 0 radical (unpaired) electrons. The van der Waals surface area contributed by atoms with Gasteiger partial charge in [-0.15, -0.1) is 0 Å². The Morgan fingerprint density at radius 3 is 2.94 bits per heavy atom. The predicted molar refractivity (Wildman–Crippen MR) is 59.4 cm³/mol. The van der Waals surface area contributed by atoms with E-state index in [9.17, 15) is 4.79 Å². The molecule has 16 heavy (non-hydrogen) atoms. The number of benzene rings is 1. The zero-order chi connectivity index (χ0) is 11.4. The molecule has 1 atom stereocenters. The van der Waals surface area contributed by atoms with Crippen molar-refractivity contribution < 1.29 is 14.3 Å². The van der Waals surface area contributed by atoms with Crippen LogP contribution in [0.4, 0.5) is 0 Å². The second-order valence-electron chi connectivity index (χ2n) is 3.38. The Labute approximate surface area is 93.9 Å². The average molecular weight is 219 g/mol. The third-order valence-corrected chi connectivity index (χ3v) is 2.23. The number of aliphatic imine (C=N–C) groups is 1. The minimum Gasteiger partial charge on any atom is -0.475 e. The van der Waals surface area contributed by atoms with Crippen molar-refractivity contribution in [2.75, 3.05) is 13.2 Å². The zero-order valence-corrected chi connectivity index (χ0v) is 9.05. The molecule has 0 N–H and O–H groups in total. The SMILES string of the molecule is CCOC(=O)[C@H]1COC(c2ccccc2)=N1. The first-order chi connectivity index (χ1) is 7.81. The van der Waals surface area contributed by atoms with Gasteiger partial charge in [0.25, 0.3) is 0 Å². The summed E-state index contributed by atoms with van der Waals surface area (Å²) in [6, 6.07) is 8.99. The number of rotatable bonds is 3. The molecular weight excluding hydrogens is 206 g/mol. The maximum absolute atomic E-state index is 11.4. The normalized spacial score (nSPS) is 18.8. The topological polar surface area (TPSA) is 47.9 Å². The van der Waals surface area contributed by atoms with Gasteiger partial charge in [-0.2, -0.15) is 0 Å². The minimum atomic E-state index is -0.518. The quantitative estimate of drug-likeness (QED) is 0.722. The van der Waals surface area contributed by atoms with Gasteiger partial charge < -0.3 is 9.47 Å². The van der Waals surface area contributed by atoms with Crippen LogP contribution in [0.25, 0.3) is 0 Å². The lowest BCUT2D eigenvalue weighted by molar-refractivity contribution is -0.144. The number of esters is 1. The lowest BCUT2D eigenvalue weighted by Gasteiger charge is -2.03. The molecule has 0 saturated carbocycles. The van der Waals surface area contributed by atoms with Crippen LogP contribution in [0.3, 0.4) is 0 Å². The first kappa shape index (κ1) is 10.7. The third-order valence-electron chi connectivity index (χ3n) is 2.23. The first-order valence-electron chi connectivity index (χ1n) is 5.24.